The molecule has 27 heavy (non-hydrogen) atoms. The lowest BCUT2D eigenvalue weighted by atomic mass is 10.1. The van der Waals surface area contributed by atoms with Crippen LogP contribution in [-0.2, 0) is 10.0 Å². The minimum Gasteiger partial charge on any atom is -0.283 e. The summed E-state index contributed by atoms with van der Waals surface area (Å²) in [6.07, 6.45) is 0. The van der Waals surface area contributed by atoms with Crippen molar-refractivity contribution in [2.75, 3.05) is 10.5 Å². The van der Waals surface area contributed by atoms with Gasteiger partial charge in [0.1, 0.15) is 0 Å². The number of rotatable bonds is 5. The summed E-state index contributed by atoms with van der Waals surface area (Å²) in [6.45, 7) is 3.36. The van der Waals surface area contributed by atoms with Crippen LogP contribution in [0.2, 0.25) is 5.02 Å². The molecule has 0 fully saturated rings. The molecule has 3 aromatic rings. The molecule has 0 spiro atoms. The molecular formula is C19H18ClN3O3S. The van der Waals surface area contributed by atoms with E-state index in [2.05, 4.69) is 9.82 Å². The fourth-order valence-corrected chi connectivity index (χ4v) is 3.36. The first kappa shape index (κ1) is 19.1. The molecular weight excluding hydrogens is 386 g/mol. The largest absolute Gasteiger partial charge is 0.283 e. The van der Waals surface area contributed by atoms with Crippen LogP contribution in [0.5, 0.6) is 0 Å². The molecule has 8 heteroatoms. The number of sulfonamides is 1. The van der Waals surface area contributed by atoms with Crippen LogP contribution in [0.3, 0.4) is 0 Å². The number of nitrogens with zero attached hydrogens (tertiary/aromatic N) is 2. The number of hydrogen-bond acceptors (Lipinski definition) is 4. The lowest BCUT2D eigenvalue weighted by Crippen LogP contribution is -2.22. The molecule has 0 bridgehead atoms. The number of hydrogen-bond donors (Lipinski definition) is 1. The van der Waals surface area contributed by atoms with Crippen molar-refractivity contribution in [2.24, 2.45) is 0 Å². The molecule has 0 saturated heterocycles. The summed E-state index contributed by atoms with van der Waals surface area (Å²) < 4.78 is 27.2. The molecule has 1 N–H and O–H groups in total. The topological polar surface area (TPSA) is 81.1 Å². The molecule has 0 radical (unpaired) electrons. The van der Waals surface area contributed by atoms with E-state index in [1.54, 1.807) is 43.3 Å². The van der Waals surface area contributed by atoms with Gasteiger partial charge in [-0.05, 0) is 49.7 Å². The summed E-state index contributed by atoms with van der Waals surface area (Å²) in [6, 6.07) is 15.2. The SMILES string of the molecule is CCS(=O)(=O)Nc1cccc(-n2nc(C)c(-c3ccc(Cl)cc3)cc2=O)c1. The van der Waals surface area contributed by atoms with Crippen molar-refractivity contribution in [1.29, 1.82) is 0 Å². The number of halogens is 1. The zero-order valence-corrected chi connectivity index (χ0v) is 16.4. The fraction of sp³-hybridized carbons (Fsp3) is 0.158. The normalized spacial score (nSPS) is 11.4. The van der Waals surface area contributed by atoms with Gasteiger partial charge in [-0.2, -0.15) is 9.78 Å². The minimum atomic E-state index is -3.40. The van der Waals surface area contributed by atoms with Gasteiger partial charge in [-0.15, -0.1) is 0 Å². The van der Waals surface area contributed by atoms with E-state index in [4.69, 9.17) is 11.6 Å². The second kappa shape index (κ2) is 7.54. The Labute approximate surface area is 162 Å². The van der Waals surface area contributed by atoms with E-state index >= 15 is 0 Å². The van der Waals surface area contributed by atoms with Crippen LogP contribution >= 0.6 is 11.6 Å². The molecule has 1 aromatic heterocycles. The van der Waals surface area contributed by atoms with E-state index < -0.39 is 10.0 Å². The van der Waals surface area contributed by atoms with Crippen molar-refractivity contribution in [2.45, 2.75) is 13.8 Å². The van der Waals surface area contributed by atoms with Gasteiger partial charge in [0.25, 0.3) is 5.56 Å². The van der Waals surface area contributed by atoms with E-state index in [1.165, 1.54) is 10.7 Å². The highest BCUT2D eigenvalue weighted by molar-refractivity contribution is 7.92. The minimum absolute atomic E-state index is 0.0374. The Balaban J connectivity index is 2.02. The predicted molar refractivity (Wildman–Crippen MR) is 108 cm³/mol. The van der Waals surface area contributed by atoms with E-state index in [0.29, 0.717) is 22.1 Å². The third-order valence-corrected chi connectivity index (χ3v) is 5.57. The Hall–Kier alpha value is -2.64. The smallest absolute Gasteiger partial charge is 0.272 e. The molecule has 0 atom stereocenters. The predicted octanol–water partition coefficient (Wildman–Crippen LogP) is 3.62. The van der Waals surface area contributed by atoms with Gasteiger partial charge < -0.3 is 0 Å². The quantitative estimate of drug-likeness (QED) is 0.705. The van der Waals surface area contributed by atoms with Gasteiger partial charge >= 0.3 is 0 Å². The van der Waals surface area contributed by atoms with Crippen LogP contribution in [0.4, 0.5) is 5.69 Å². The molecule has 0 amide bonds. The van der Waals surface area contributed by atoms with Gasteiger partial charge in [0, 0.05) is 16.7 Å². The maximum absolute atomic E-state index is 12.6. The molecule has 0 aliphatic rings. The highest BCUT2D eigenvalue weighted by Crippen LogP contribution is 2.23. The van der Waals surface area contributed by atoms with E-state index in [0.717, 1.165) is 11.1 Å². The maximum Gasteiger partial charge on any atom is 0.272 e. The zero-order valence-electron chi connectivity index (χ0n) is 14.8. The standard InChI is InChI=1S/C19H18ClN3O3S/c1-3-27(25,26)22-16-5-4-6-17(11-16)23-19(24)12-18(13(2)21-23)14-7-9-15(20)10-8-14/h4-12,22H,3H2,1-2H3. The maximum atomic E-state index is 12.6. The Kier molecular flexibility index (Phi) is 5.34. The molecule has 140 valence electrons. The Bertz CT molecular complexity index is 1140. The second-order valence-electron chi connectivity index (χ2n) is 5.96. The summed E-state index contributed by atoms with van der Waals surface area (Å²) in [5.74, 6) is -0.0374. The van der Waals surface area contributed by atoms with Crippen LogP contribution in [0.1, 0.15) is 12.6 Å². The summed E-state index contributed by atoms with van der Waals surface area (Å²) in [5.41, 5.74) is 2.76. The number of benzene rings is 2. The first-order valence-electron chi connectivity index (χ1n) is 8.27. The number of anilines is 1. The van der Waals surface area contributed by atoms with Crippen LogP contribution in [0.25, 0.3) is 16.8 Å². The van der Waals surface area contributed by atoms with Crippen molar-refractivity contribution < 1.29 is 8.42 Å². The van der Waals surface area contributed by atoms with Gasteiger partial charge in [0.15, 0.2) is 0 Å². The van der Waals surface area contributed by atoms with Crippen molar-refractivity contribution in [1.82, 2.24) is 9.78 Å². The average molecular weight is 404 g/mol. The van der Waals surface area contributed by atoms with E-state index in [-0.39, 0.29) is 11.3 Å². The van der Waals surface area contributed by atoms with Gasteiger partial charge in [-0.1, -0.05) is 29.8 Å². The summed E-state index contributed by atoms with van der Waals surface area (Å²) in [4.78, 5) is 12.6. The lowest BCUT2D eigenvalue weighted by Gasteiger charge is -2.11. The van der Waals surface area contributed by atoms with E-state index in [1.807, 2.05) is 19.1 Å². The third kappa shape index (κ3) is 4.37. The first-order chi connectivity index (χ1) is 12.8. The molecule has 6 nitrogen and oxygen atoms in total. The first-order valence-corrected chi connectivity index (χ1v) is 10.3. The van der Waals surface area contributed by atoms with Crippen LogP contribution in [0, 0.1) is 6.92 Å². The molecule has 0 unspecified atom stereocenters. The second-order valence-corrected chi connectivity index (χ2v) is 8.40. The molecule has 0 saturated carbocycles. The van der Waals surface area contributed by atoms with Gasteiger partial charge in [-0.3, -0.25) is 9.52 Å². The Morgan fingerprint density at radius 2 is 1.81 bits per heavy atom. The highest BCUT2D eigenvalue weighted by atomic mass is 35.5. The van der Waals surface area contributed by atoms with Crippen molar-refractivity contribution in [3.8, 4) is 16.8 Å². The summed E-state index contributed by atoms with van der Waals surface area (Å²) >= 11 is 5.92. The third-order valence-electron chi connectivity index (χ3n) is 4.02. The molecule has 1 heterocycles. The molecule has 3 rings (SSSR count). The number of aryl methyl sites for hydroxylation is 1. The van der Waals surface area contributed by atoms with Crippen LogP contribution < -0.4 is 10.3 Å². The molecule has 0 aliphatic heterocycles. The zero-order chi connectivity index (χ0) is 19.6. The summed E-state index contributed by atoms with van der Waals surface area (Å²) in [7, 11) is -3.40. The van der Waals surface area contributed by atoms with Gasteiger partial charge in [0.2, 0.25) is 10.0 Å². The summed E-state index contributed by atoms with van der Waals surface area (Å²) in [5, 5.41) is 5.01. The van der Waals surface area contributed by atoms with Gasteiger partial charge in [0.05, 0.1) is 22.8 Å². The molecule has 2 aromatic carbocycles. The number of aromatic nitrogens is 2. The van der Waals surface area contributed by atoms with Crippen molar-refractivity contribution in [3.05, 3.63) is 75.7 Å². The van der Waals surface area contributed by atoms with E-state index in [9.17, 15) is 13.2 Å². The van der Waals surface area contributed by atoms with Crippen LogP contribution in [0.15, 0.2) is 59.4 Å². The van der Waals surface area contributed by atoms with Gasteiger partial charge in [-0.25, -0.2) is 8.42 Å². The van der Waals surface area contributed by atoms with Crippen molar-refractivity contribution >= 4 is 27.3 Å². The van der Waals surface area contributed by atoms with Crippen LogP contribution in [-0.4, -0.2) is 24.0 Å². The monoisotopic (exact) mass is 403 g/mol. The number of nitrogens with one attached hydrogen (secondary N) is 1. The average Bonchev–Trinajstić information content (AvgIpc) is 2.64. The molecule has 0 aliphatic carbocycles. The highest BCUT2D eigenvalue weighted by Gasteiger charge is 2.11. The fourth-order valence-electron chi connectivity index (χ4n) is 2.60. The Morgan fingerprint density at radius 1 is 1.11 bits per heavy atom. The van der Waals surface area contributed by atoms with Crippen molar-refractivity contribution in [3.63, 3.8) is 0 Å². The lowest BCUT2D eigenvalue weighted by molar-refractivity contribution is 0.602. The Morgan fingerprint density at radius 3 is 2.48 bits per heavy atom.